The SMILES string of the molecule is CCSC(=N)c1cc(C(=O)OC)c(C)cc1C(C)C. The summed E-state index contributed by atoms with van der Waals surface area (Å²) in [5.41, 5.74) is 3.39. The van der Waals surface area contributed by atoms with Crippen molar-refractivity contribution in [3.05, 3.63) is 34.4 Å². The monoisotopic (exact) mass is 279 g/mol. The van der Waals surface area contributed by atoms with Gasteiger partial charge in [0.05, 0.1) is 17.7 Å². The zero-order valence-corrected chi connectivity index (χ0v) is 13.0. The fourth-order valence-corrected chi connectivity index (χ4v) is 2.58. The highest BCUT2D eigenvalue weighted by Crippen LogP contribution is 2.27. The third-order valence-corrected chi connectivity index (χ3v) is 3.75. The van der Waals surface area contributed by atoms with Crippen molar-refractivity contribution in [1.82, 2.24) is 0 Å². The van der Waals surface area contributed by atoms with Gasteiger partial charge in [-0.15, -0.1) is 11.8 Å². The Hall–Kier alpha value is -1.29. The number of carbonyl (C=O) groups is 1. The molecule has 0 aromatic heterocycles. The fourth-order valence-electron chi connectivity index (χ4n) is 1.96. The topological polar surface area (TPSA) is 50.2 Å². The molecule has 0 radical (unpaired) electrons. The van der Waals surface area contributed by atoms with Crippen molar-refractivity contribution in [2.24, 2.45) is 0 Å². The molecule has 0 atom stereocenters. The Morgan fingerprint density at radius 2 is 2.00 bits per heavy atom. The number of aryl methyl sites for hydroxylation is 1. The molecule has 1 aromatic rings. The molecule has 0 heterocycles. The van der Waals surface area contributed by atoms with Crippen LogP contribution >= 0.6 is 11.8 Å². The van der Waals surface area contributed by atoms with Crippen LogP contribution in [0.25, 0.3) is 0 Å². The number of ether oxygens (including phenoxy) is 1. The van der Waals surface area contributed by atoms with Crippen molar-refractivity contribution < 1.29 is 9.53 Å². The predicted molar refractivity (Wildman–Crippen MR) is 81.6 cm³/mol. The predicted octanol–water partition coefficient (Wildman–Crippen LogP) is 3.98. The fraction of sp³-hybridized carbons (Fsp3) is 0.467. The number of hydrogen-bond donors (Lipinski definition) is 1. The number of carbonyl (C=O) groups excluding carboxylic acids is 1. The van der Waals surface area contributed by atoms with Crippen molar-refractivity contribution in [2.45, 2.75) is 33.6 Å². The summed E-state index contributed by atoms with van der Waals surface area (Å²) in [5.74, 6) is 0.819. The molecule has 3 nitrogen and oxygen atoms in total. The highest BCUT2D eigenvalue weighted by Gasteiger charge is 2.17. The third kappa shape index (κ3) is 3.60. The molecule has 0 amide bonds. The summed E-state index contributed by atoms with van der Waals surface area (Å²) < 4.78 is 4.80. The molecule has 19 heavy (non-hydrogen) atoms. The largest absolute Gasteiger partial charge is 0.465 e. The molecular formula is C15H21NO2S. The van der Waals surface area contributed by atoms with Gasteiger partial charge in [0.25, 0.3) is 0 Å². The maximum absolute atomic E-state index is 11.7. The number of methoxy groups -OCH3 is 1. The van der Waals surface area contributed by atoms with E-state index >= 15 is 0 Å². The molecule has 0 saturated carbocycles. The number of benzene rings is 1. The normalized spacial score (nSPS) is 10.6. The summed E-state index contributed by atoms with van der Waals surface area (Å²) in [6.45, 7) is 8.11. The van der Waals surface area contributed by atoms with E-state index in [-0.39, 0.29) is 5.97 Å². The van der Waals surface area contributed by atoms with Crippen LogP contribution in [0.2, 0.25) is 0 Å². The second-order valence-electron chi connectivity index (χ2n) is 4.66. The minimum absolute atomic E-state index is 0.318. The smallest absolute Gasteiger partial charge is 0.338 e. The first-order valence-electron chi connectivity index (χ1n) is 6.36. The Morgan fingerprint density at radius 3 is 2.47 bits per heavy atom. The van der Waals surface area contributed by atoms with Crippen LogP contribution in [0.4, 0.5) is 0 Å². The summed E-state index contributed by atoms with van der Waals surface area (Å²) in [5, 5.41) is 8.65. The zero-order chi connectivity index (χ0) is 14.6. The molecule has 4 heteroatoms. The van der Waals surface area contributed by atoms with Crippen LogP contribution < -0.4 is 0 Å². The molecule has 0 aliphatic heterocycles. The molecule has 0 fully saturated rings. The van der Waals surface area contributed by atoms with Crippen LogP contribution in [-0.2, 0) is 4.74 Å². The van der Waals surface area contributed by atoms with Gasteiger partial charge in [-0.2, -0.15) is 0 Å². The first-order valence-corrected chi connectivity index (χ1v) is 7.35. The number of nitrogens with one attached hydrogen (secondary N) is 1. The third-order valence-electron chi connectivity index (χ3n) is 2.96. The average molecular weight is 279 g/mol. The quantitative estimate of drug-likeness (QED) is 0.515. The van der Waals surface area contributed by atoms with Crippen LogP contribution in [0.15, 0.2) is 12.1 Å². The Labute approximate surface area is 119 Å². The molecule has 0 aliphatic carbocycles. The maximum atomic E-state index is 11.7. The zero-order valence-electron chi connectivity index (χ0n) is 12.2. The molecule has 0 bridgehead atoms. The second-order valence-corrected chi connectivity index (χ2v) is 5.94. The van der Waals surface area contributed by atoms with E-state index in [1.54, 1.807) is 6.07 Å². The minimum Gasteiger partial charge on any atom is -0.465 e. The maximum Gasteiger partial charge on any atom is 0.338 e. The minimum atomic E-state index is -0.344. The van der Waals surface area contributed by atoms with E-state index in [1.807, 2.05) is 19.9 Å². The second kappa shape index (κ2) is 6.75. The molecule has 0 saturated heterocycles. The van der Waals surface area contributed by atoms with Gasteiger partial charge in [-0.1, -0.05) is 26.8 Å². The lowest BCUT2D eigenvalue weighted by atomic mass is 9.92. The standard InChI is InChI=1S/C15H21NO2S/c1-6-19-14(16)13-8-12(15(17)18-5)10(4)7-11(13)9(2)3/h7-9,16H,6H2,1-5H3. The van der Waals surface area contributed by atoms with Crippen molar-refractivity contribution in [2.75, 3.05) is 12.9 Å². The molecule has 1 rings (SSSR count). The highest BCUT2D eigenvalue weighted by molar-refractivity contribution is 8.14. The lowest BCUT2D eigenvalue weighted by molar-refractivity contribution is 0.0600. The van der Waals surface area contributed by atoms with E-state index in [4.69, 9.17) is 10.1 Å². The summed E-state index contributed by atoms with van der Waals surface area (Å²) in [6, 6.07) is 3.79. The van der Waals surface area contributed by atoms with Crippen molar-refractivity contribution >= 4 is 22.8 Å². The Balaban J connectivity index is 3.39. The summed E-state index contributed by atoms with van der Waals surface area (Å²) in [7, 11) is 1.38. The summed E-state index contributed by atoms with van der Waals surface area (Å²) in [6.07, 6.45) is 0. The Kier molecular flexibility index (Phi) is 5.60. The van der Waals surface area contributed by atoms with Crippen molar-refractivity contribution in [3.63, 3.8) is 0 Å². The van der Waals surface area contributed by atoms with Crippen LogP contribution in [0.5, 0.6) is 0 Å². The van der Waals surface area contributed by atoms with Crippen LogP contribution in [0.3, 0.4) is 0 Å². The number of esters is 1. The van der Waals surface area contributed by atoms with Gasteiger partial charge in [0.1, 0.15) is 0 Å². The van der Waals surface area contributed by atoms with Crippen LogP contribution in [0.1, 0.15) is 53.7 Å². The highest BCUT2D eigenvalue weighted by atomic mass is 32.2. The Bertz CT molecular complexity index is 495. The van der Waals surface area contributed by atoms with Gasteiger partial charge in [0.2, 0.25) is 0 Å². The van der Waals surface area contributed by atoms with E-state index in [2.05, 4.69) is 13.8 Å². The molecular weight excluding hydrogens is 258 g/mol. The molecule has 104 valence electrons. The molecule has 0 unspecified atom stereocenters. The molecule has 0 spiro atoms. The van der Waals surface area contributed by atoms with Crippen molar-refractivity contribution in [1.29, 1.82) is 5.41 Å². The van der Waals surface area contributed by atoms with E-state index in [0.717, 1.165) is 22.4 Å². The van der Waals surface area contributed by atoms with Gasteiger partial charge in [-0.3, -0.25) is 5.41 Å². The lowest BCUT2D eigenvalue weighted by Gasteiger charge is -2.16. The van der Waals surface area contributed by atoms with Crippen LogP contribution in [0, 0.1) is 12.3 Å². The number of thioether (sulfide) groups is 1. The van der Waals surface area contributed by atoms with Gasteiger partial charge in [0.15, 0.2) is 0 Å². The van der Waals surface area contributed by atoms with Gasteiger partial charge < -0.3 is 4.74 Å². The lowest BCUT2D eigenvalue weighted by Crippen LogP contribution is -2.10. The van der Waals surface area contributed by atoms with E-state index < -0.39 is 0 Å². The number of rotatable bonds is 4. The summed E-state index contributed by atoms with van der Waals surface area (Å²) >= 11 is 1.48. The van der Waals surface area contributed by atoms with Gasteiger partial charge in [-0.25, -0.2) is 4.79 Å². The van der Waals surface area contributed by atoms with Crippen LogP contribution in [-0.4, -0.2) is 23.9 Å². The average Bonchev–Trinajstić information content (AvgIpc) is 2.37. The molecule has 0 aliphatic rings. The van der Waals surface area contributed by atoms with E-state index in [9.17, 15) is 4.79 Å². The molecule has 1 aromatic carbocycles. The van der Waals surface area contributed by atoms with E-state index in [1.165, 1.54) is 18.9 Å². The van der Waals surface area contributed by atoms with Gasteiger partial charge in [0, 0.05) is 5.56 Å². The molecule has 1 N–H and O–H groups in total. The van der Waals surface area contributed by atoms with Crippen molar-refractivity contribution in [3.8, 4) is 0 Å². The Morgan fingerprint density at radius 1 is 1.37 bits per heavy atom. The van der Waals surface area contributed by atoms with E-state index in [0.29, 0.717) is 16.5 Å². The first-order chi connectivity index (χ1) is 8.92. The van der Waals surface area contributed by atoms with Gasteiger partial charge in [-0.05, 0) is 35.8 Å². The number of hydrogen-bond acceptors (Lipinski definition) is 4. The van der Waals surface area contributed by atoms with Gasteiger partial charge >= 0.3 is 5.97 Å². The summed E-state index contributed by atoms with van der Waals surface area (Å²) in [4.78, 5) is 11.7. The first kappa shape index (κ1) is 15.8.